The van der Waals surface area contributed by atoms with Crippen LogP contribution in [-0.2, 0) is 41.4 Å². The first-order chi connectivity index (χ1) is 19.9. The lowest BCUT2D eigenvalue weighted by Crippen LogP contribution is -2.57. The van der Waals surface area contributed by atoms with Crippen molar-refractivity contribution in [2.45, 2.75) is 88.1 Å². The highest BCUT2D eigenvalue weighted by molar-refractivity contribution is 5.92. The van der Waals surface area contributed by atoms with Gasteiger partial charge in [0.2, 0.25) is 12.6 Å². The Morgan fingerprint density at radius 3 is 1.40 bits per heavy atom. The van der Waals surface area contributed by atoms with Crippen molar-refractivity contribution >= 4 is 34.0 Å². The van der Waals surface area contributed by atoms with Gasteiger partial charge in [0.15, 0.2) is 0 Å². The predicted octanol–water partition coefficient (Wildman–Crippen LogP) is -1.39. The normalized spacial score (nSPS) is 33.4. The molecule has 14 nitrogen and oxygen atoms in total. The summed E-state index contributed by atoms with van der Waals surface area (Å²) in [5.41, 5.74) is 2.58. The van der Waals surface area contributed by atoms with Crippen LogP contribution in [0.1, 0.15) is 25.0 Å². The molecule has 0 spiro atoms. The summed E-state index contributed by atoms with van der Waals surface area (Å²) in [6.07, 6.45) is -14.2. The number of esters is 2. The molecule has 0 saturated carbocycles. The van der Waals surface area contributed by atoms with Crippen LogP contribution in [0.5, 0.6) is 0 Å². The first-order valence-corrected chi connectivity index (χ1v) is 13.4. The lowest BCUT2D eigenvalue weighted by Gasteiger charge is -2.38. The lowest BCUT2D eigenvalue weighted by atomic mass is 10.00. The second-order valence-corrected chi connectivity index (χ2v) is 10.5. The van der Waals surface area contributed by atoms with Crippen molar-refractivity contribution < 1.29 is 59.2 Å². The van der Waals surface area contributed by atoms with Gasteiger partial charge in [-0.05, 0) is 37.1 Å². The zero-order valence-corrected chi connectivity index (χ0v) is 22.7. The van der Waals surface area contributed by atoms with Crippen LogP contribution in [0.25, 0.3) is 22.1 Å². The molecule has 2 fully saturated rings. The Morgan fingerprint density at radius 2 is 1.02 bits per heavy atom. The highest BCUT2D eigenvalue weighted by atomic mass is 16.7. The first-order valence-electron chi connectivity index (χ1n) is 13.4. The van der Waals surface area contributed by atoms with E-state index in [1.54, 1.807) is 36.4 Å². The summed E-state index contributed by atoms with van der Waals surface area (Å²) in [6.45, 7) is 2.95. The third-order valence-electron chi connectivity index (χ3n) is 7.44. The maximum Gasteiger partial charge on any atom is 0.312 e. The van der Waals surface area contributed by atoms with E-state index in [-0.39, 0.29) is 12.8 Å². The molecule has 6 N–H and O–H groups in total. The van der Waals surface area contributed by atoms with Crippen LogP contribution in [0.3, 0.4) is 0 Å². The number of carbonyl (C=O) groups excluding carboxylic acids is 2. The summed E-state index contributed by atoms with van der Waals surface area (Å²) in [5.74, 6) is -1.53. The van der Waals surface area contributed by atoms with Gasteiger partial charge in [-0.25, -0.2) is 9.97 Å². The summed E-state index contributed by atoms with van der Waals surface area (Å²) in [4.78, 5) is 34.8. The Morgan fingerprint density at radius 1 is 0.643 bits per heavy atom. The summed E-state index contributed by atoms with van der Waals surface area (Å²) in [5, 5.41) is 59.9. The molecule has 0 radical (unpaired) electrons. The molecule has 1 aromatic heterocycles. The van der Waals surface area contributed by atoms with Gasteiger partial charge in [-0.1, -0.05) is 24.3 Å². The minimum Gasteiger partial charge on any atom is -0.432 e. The Balaban J connectivity index is 1.32. The Labute approximate surface area is 239 Å². The van der Waals surface area contributed by atoms with E-state index in [1.165, 1.54) is 13.8 Å². The fraction of sp³-hybridized carbons (Fsp3) is 0.500. The highest BCUT2D eigenvalue weighted by Crippen LogP contribution is 2.26. The zero-order chi connectivity index (χ0) is 30.3. The van der Waals surface area contributed by atoms with Crippen LogP contribution in [0.15, 0.2) is 36.4 Å². The van der Waals surface area contributed by atoms with Gasteiger partial charge in [-0.3, -0.25) is 9.59 Å². The standard InChI is InChI=1S/C28H32N2O12/c1-11-21(33)23(35)25(37)27(39-11)41-17(31)9-13-5-3-7-15-19(13)29-16-8-4-6-14(20(16)30-15)10-18(32)42-28-26(38)24(36)22(34)12(2)40-28/h3-8,11-12,21-28,33-38H,9-10H2,1-2H3/t11?,12?,21-,22+,23?,24?,25?,26?,27-,28-/m1/s1. The number of benzene rings is 2. The van der Waals surface area contributed by atoms with Crippen molar-refractivity contribution in [3.63, 3.8) is 0 Å². The van der Waals surface area contributed by atoms with Crippen molar-refractivity contribution in [1.29, 1.82) is 0 Å². The molecule has 0 bridgehead atoms. The van der Waals surface area contributed by atoms with E-state index in [0.717, 1.165) is 0 Å². The molecule has 10 atom stereocenters. The van der Waals surface area contributed by atoms with E-state index in [1.807, 2.05) is 0 Å². The minimum atomic E-state index is -1.63. The molecule has 226 valence electrons. The SMILES string of the molecule is CC1O[C@H](OC(=O)Cc2cccc3nc4c(CC(=O)O[C@H]5OC(C)[C@H](O)C(O)C5O)cccc4nc23)C(O)C(O)[C@@H]1O. The van der Waals surface area contributed by atoms with Gasteiger partial charge in [-0.2, -0.15) is 0 Å². The maximum absolute atomic E-state index is 12.7. The van der Waals surface area contributed by atoms with Crippen LogP contribution in [-0.4, -0.2) is 114 Å². The van der Waals surface area contributed by atoms with Crippen molar-refractivity contribution in [3.8, 4) is 0 Å². The van der Waals surface area contributed by atoms with Gasteiger partial charge in [0.25, 0.3) is 0 Å². The number of nitrogens with zero attached hydrogens (tertiary/aromatic N) is 2. The van der Waals surface area contributed by atoms with Gasteiger partial charge in [0.05, 0.1) is 47.1 Å². The average Bonchev–Trinajstić information content (AvgIpc) is 2.96. The molecule has 2 aromatic carbocycles. The number of aliphatic hydroxyl groups is 6. The van der Waals surface area contributed by atoms with Gasteiger partial charge in [-0.15, -0.1) is 0 Å². The molecular weight excluding hydrogens is 556 g/mol. The summed E-state index contributed by atoms with van der Waals surface area (Å²) in [7, 11) is 0. The number of carbonyl (C=O) groups is 2. The Kier molecular flexibility index (Phi) is 8.68. The largest absolute Gasteiger partial charge is 0.432 e. The number of hydrogen-bond donors (Lipinski definition) is 6. The molecule has 3 heterocycles. The zero-order valence-electron chi connectivity index (χ0n) is 22.7. The number of aromatic nitrogens is 2. The van der Waals surface area contributed by atoms with Crippen LogP contribution in [0.4, 0.5) is 0 Å². The molecule has 0 amide bonds. The second-order valence-electron chi connectivity index (χ2n) is 10.5. The van der Waals surface area contributed by atoms with Gasteiger partial charge < -0.3 is 49.6 Å². The summed E-state index contributed by atoms with van der Waals surface area (Å²) >= 11 is 0. The molecule has 14 heteroatoms. The smallest absolute Gasteiger partial charge is 0.312 e. The van der Waals surface area contributed by atoms with Crippen LogP contribution in [0, 0.1) is 0 Å². The third kappa shape index (κ3) is 5.93. The van der Waals surface area contributed by atoms with E-state index < -0.39 is 73.4 Å². The number of fused-ring (bicyclic) bond motifs is 2. The van der Waals surface area contributed by atoms with Gasteiger partial charge in [0, 0.05) is 0 Å². The van der Waals surface area contributed by atoms with E-state index in [9.17, 15) is 40.2 Å². The predicted molar refractivity (Wildman–Crippen MR) is 141 cm³/mol. The molecular formula is C28H32N2O12. The van der Waals surface area contributed by atoms with E-state index >= 15 is 0 Å². The molecule has 2 saturated heterocycles. The van der Waals surface area contributed by atoms with Crippen LogP contribution >= 0.6 is 0 Å². The molecule has 3 aromatic rings. The van der Waals surface area contributed by atoms with Crippen LogP contribution < -0.4 is 0 Å². The van der Waals surface area contributed by atoms with E-state index in [4.69, 9.17) is 18.9 Å². The lowest BCUT2D eigenvalue weighted by molar-refractivity contribution is -0.284. The number of ether oxygens (including phenoxy) is 4. The van der Waals surface area contributed by atoms with Crippen molar-refractivity contribution in [3.05, 3.63) is 47.5 Å². The Hall–Kier alpha value is -3.34. The topological polar surface area (TPSA) is 218 Å². The molecule has 5 rings (SSSR count). The molecule has 2 aliphatic heterocycles. The summed E-state index contributed by atoms with van der Waals surface area (Å²) in [6, 6.07) is 10.0. The van der Waals surface area contributed by atoms with E-state index in [2.05, 4.69) is 9.97 Å². The molecule has 6 unspecified atom stereocenters. The molecule has 2 aliphatic rings. The van der Waals surface area contributed by atoms with Gasteiger partial charge in [0.1, 0.15) is 36.6 Å². The number of hydrogen-bond acceptors (Lipinski definition) is 14. The monoisotopic (exact) mass is 588 g/mol. The van der Waals surface area contributed by atoms with Gasteiger partial charge >= 0.3 is 11.9 Å². The maximum atomic E-state index is 12.7. The number of aliphatic hydroxyl groups excluding tert-OH is 6. The third-order valence-corrected chi connectivity index (χ3v) is 7.44. The second kappa shape index (κ2) is 12.1. The molecule has 0 aliphatic carbocycles. The van der Waals surface area contributed by atoms with Crippen molar-refractivity contribution in [2.75, 3.05) is 0 Å². The fourth-order valence-electron chi connectivity index (χ4n) is 5.00. The first kappa shape index (κ1) is 30.1. The van der Waals surface area contributed by atoms with Crippen LogP contribution in [0.2, 0.25) is 0 Å². The van der Waals surface area contributed by atoms with E-state index in [0.29, 0.717) is 33.2 Å². The molecule has 42 heavy (non-hydrogen) atoms. The Bertz CT molecular complexity index is 1360. The van der Waals surface area contributed by atoms with Crippen molar-refractivity contribution in [1.82, 2.24) is 9.97 Å². The van der Waals surface area contributed by atoms with Crippen molar-refractivity contribution in [2.24, 2.45) is 0 Å². The fourth-order valence-corrected chi connectivity index (χ4v) is 5.00. The highest BCUT2D eigenvalue weighted by Gasteiger charge is 2.44. The quantitative estimate of drug-likeness (QED) is 0.144. The average molecular weight is 589 g/mol. The summed E-state index contributed by atoms with van der Waals surface area (Å²) < 4.78 is 21.2. The number of rotatable bonds is 6. The number of para-hydroxylation sites is 2. The minimum absolute atomic E-state index is 0.258.